The third-order valence-electron chi connectivity index (χ3n) is 3.58. The lowest BCUT2D eigenvalue weighted by atomic mass is 9.99. The van der Waals surface area contributed by atoms with Crippen LogP contribution in [0.5, 0.6) is 0 Å². The molecule has 6 nitrogen and oxygen atoms in total. The Labute approximate surface area is 122 Å². The first-order valence-electron chi connectivity index (χ1n) is 6.75. The Bertz CT molecular complexity index is 566. The van der Waals surface area contributed by atoms with E-state index in [1.54, 1.807) is 12.3 Å². The van der Waals surface area contributed by atoms with Gasteiger partial charge in [-0.1, -0.05) is 11.6 Å². The lowest BCUT2D eigenvalue weighted by molar-refractivity contribution is 0.420. The number of aromatic nitrogens is 4. The molecule has 7 heteroatoms. The highest BCUT2D eigenvalue weighted by atomic mass is 35.5. The molecule has 1 aliphatic heterocycles. The summed E-state index contributed by atoms with van der Waals surface area (Å²) >= 11 is 5.83. The summed E-state index contributed by atoms with van der Waals surface area (Å²) < 4.78 is 0. The van der Waals surface area contributed by atoms with Gasteiger partial charge in [0.1, 0.15) is 5.69 Å². The van der Waals surface area contributed by atoms with E-state index in [2.05, 4.69) is 25.1 Å². The Morgan fingerprint density at radius 1 is 1.45 bits per heavy atom. The number of nitrogens with one attached hydrogen (secondary N) is 1. The molecule has 0 spiro atoms. The molecule has 0 saturated carbocycles. The number of aromatic amines is 1. The monoisotopic (exact) mass is 292 g/mol. The molecule has 1 aliphatic rings. The minimum Gasteiger partial charge on any atom is -0.339 e. The van der Waals surface area contributed by atoms with Crippen molar-refractivity contribution in [1.82, 2.24) is 20.2 Å². The number of rotatable bonds is 3. The number of hydrogen-bond acceptors (Lipinski definition) is 5. The maximum atomic E-state index is 5.83. The van der Waals surface area contributed by atoms with Crippen molar-refractivity contribution in [3.63, 3.8) is 0 Å². The van der Waals surface area contributed by atoms with Crippen LogP contribution in [0.15, 0.2) is 18.3 Å². The first-order chi connectivity index (χ1) is 9.76. The molecule has 1 atom stereocenters. The largest absolute Gasteiger partial charge is 0.339 e. The number of halogens is 1. The standard InChI is InChI=1S/C13H17ClN6/c14-10-3-4-11(16-7-10)12-17-13(19-18-12)20-5-1-2-9(6-15)8-20/h3-4,7,9H,1-2,5-6,8,15H2,(H,17,18,19). The van der Waals surface area contributed by atoms with Gasteiger partial charge in [-0.05, 0) is 37.4 Å². The SMILES string of the molecule is NCC1CCCN(c2n[nH]c(-c3ccc(Cl)cn3)n2)C1. The van der Waals surface area contributed by atoms with Gasteiger partial charge in [0.25, 0.3) is 0 Å². The summed E-state index contributed by atoms with van der Waals surface area (Å²) in [5, 5.41) is 7.82. The quantitative estimate of drug-likeness (QED) is 0.899. The first-order valence-corrected chi connectivity index (χ1v) is 7.13. The molecular weight excluding hydrogens is 276 g/mol. The molecule has 1 unspecified atom stereocenters. The van der Waals surface area contributed by atoms with Gasteiger partial charge in [0, 0.05) is 19.3 Å². The summed E-state index contributed by atoms with van der Waals surface area (Å²) in [5.74, 6) is 1.90. The highest BCUT2D eigenvalue weighted by Gasteiger charge is 2.22. The number of nitrogens with zero attached hydrogens (tertiary/aromatic N) is 4. The highest BCUT2D eigenvalue weighted by Crippen LogP contribution is 2.22. The summed E-state index contributed by atoms with van der Waals surface area (Å²) in [4.78, 5) is 10.9. The van der Waals surface area contributed by atoms with Crippen LogP contribution in [0.3, 0.4) is 0 Å². The van der Waals surface area contributed by atoms with Gasteiger partial charge in [-0.3, -0.25) is 10.1 Å². The molecule has 1 fully saturated rings. The van der Waals surface area contributed by atoms with Crippen molar-refractivity contribution < 1.29 is 0 Å². The third kappa shape index (κ3) is 2.76. The van der Waals surface area contributed by atoms with Crippen LogP contribution in [0.4, 0.5) is 5.95 Å². The van der Waals surface area contributed by atoms with Crippen molar-refractivity contribution in [2.75, 3.05) is 24.5 Å². The van der Waals surface area contributed by atoms with E-state index in [1.807, 2.05) is 6.07 Å². The lowest BCUT2D eigenvalue weighted by Crippen LogP contribution is -2.38. The zero-order chi connectivity index (χ0) is 13.9. The van der Waals surface area contributed by atoms with Gasteiger partial charge in [-0.15, -0.1) is 5.10 Å². The molecule has 0 radical (unpaired) electrons. The average Bonchev–Trinajstić information content (AvgIpc) is 2.98. The van der Waals surface area contributed by atoms with Crippen LogP contribution in [0.2, 0.25) is 5.02 Å². The van der Waals surface area contributed by atoms with Crippen molar-refractivity contribution in [2.45, 2.75) is 12.8 Å². The van der Waals surface area contributed by atoms with Crippen molar-refractivity contribution in [3.8, 4) is 11.5 Å². The van der Waals surface area contributed by atoms with E-state index in [0.717, 1.165) is 31.2 Å². The van der Waals surface area contributed by atoms with Crippen LogP contribution in [0.25, 0.3) is 11.5 Å². The molecular formula is C13H17ClN6. The van der Waals surface area contributed by atoms with E-state index in [0.29, 0.717) is 23.3 Å². The smallest absolute Gasteiger partial charge is 0.245 e. The van der Waals surface area contributed by atoms with Crippen molar-refractivity contribution in [3.05, 3.63) is 23.4 Å². The normalized spacial score (nSPS) is 19.3. The zero-order valence-corrected chi connectivity index (χ0v) is 11.8. The Balaban J connectivity index is 1.78. The summed E-state index contributed by atoms with van der Waals surface area (Å²) in [5.41, 5.74) is 6.49. The fourth-order valence-corrected chi connectivity index (χ4v) is 2.58. The number of piperidine rings is 1. The number of anilines is 1. The van der Waals surface area contributed by atoms with Crippen molar-refractivity contribution in [2.24, 2.45) is 11.7 Å². The highest BCUT2D eigenvalue weighted by molar-refractivity contribution is 6.30. The minimum atomic E-state index is 0.527. The van der Waals surface area contributed by atoms with Crippen LogP contribution < -0.4 is 10.6 Å². The molecule has 2 aromatic heterocycles. The van der Waals surface area contributed by atoms with Crippen molar-refractivity contribution in [1.29, 1.82) is 0 Å². The van der Waals surface area contributed by atoms with E-state index >= 15 is 0 Å². The maximum absolute atomic E-state index is 5.83. The third-order valence-corrected chi connectivity index (χ3v) is 3.80. The lowest BCUT2D eigenvalue weighted by Gasteiger charge is -2.31. The van der Waals surface area contributed by atoms with E-state index in [4.69, 9.17) is 17.3 Å². The summed E-state index contributed by atoms with van der Waals surface area (Å²) in [6.07, 6.45) is 3.92. The van der Waals surface area contributed by atoms with Gasteiger partial charge >= 0.3 is 0 Å². The molecule has 3 rings (SSSR count). The first kappa shape index (κ1) is 13.3. The molecule has 3 N–H and O–H groups in total. The van der Waals surface area contributed by atoms with Crippen molar-refractivity contribution >= 4 is 17.5 Å². The molecule has 0 bridgehead atoms. The van der Waals surface area contributed by atoms with E-state index < -0.39 is 0 Å². The summed E-state index contributed by atoms with van der Waals surface area (Å²) in [6.45, 7) is 2.61. The predicted octanol–water partition coefficient (Wildman–Crippen LogP) is 1.70. The number of hydrogen-bond donors (Lipinski definition) is 2. The predicted molar refractivity (Wildman–Crippen MR) is 78.6 cm³/mol. The topological polar surface area (TPSA) is 83.7 Å². The van der Waals surface area contributed by atoms with E-state index in [9.17, 15) is 0 Å². The van der Waals surface area contributed by atoms with Crippen LogP contribution >= 0.6 is 11.6 Å². The number of nitrogens with two attached hydrogens (primary N) is 1. The van der Waals surface area contributed by atoms with Gasteiger partial charge in [-0.25, -0.2) is 0 Å². The molecule has 0 aliphatic carbocycles. The number of H-pyrrole nitrogens is 1. The van der Waals surface area contributed by atoms with Crippen LogP contribution in [-0.4, -0.2) is 39.8 Å². The fraction of sp³-hybridized carbons (Fsp3) is 0.462. The molecule has 1 saturated heterocycles. The minimum absolute atomic E-state index is 0.527. The van der Waals surface area contributed by atoms with Gasteiger partial charge in [-0.2, -0.15) is 4.98 Å². The fourth-order valence-electron chi connectivity index (χ4n) is 2.46. The molecule has 3 heterocycles. The van der Waals surface area contributed by atoms with Gasteiger partial charge in [0.15, 0.2) is 5.82 Å². The van der Waals surface area contributed by atoms with Gasteiger partial charge in [0.05, 0.1) is 5.02 Å². The maximum Gasteiger partial charge on any atom is 0.245 e. The Hall–Kier alpha value is -1.66. The average molecular weight is 293 g/mol. The second-order valence-corrected chi connectivity index (χ2v) is 5.47. The van der Waals surface area contributed by atoms with E-state index in [1.165, 1.54) is 6.42 Å². The summed E-state index contributed by atoms with van der Waals surface area (Å²) in [7, 11) is 0. The summed E-state index contributed by atoms with van der Waals surface area (Å²) in [6, 6.07) is 3.61. The Morgan fingerprint density at radius 2 is 2.35 bits per heavy atom. The molecule has 20 heavy (non-hydrogen) atoms. The molecule has 2 aromatic rings. The second kappa shape index (κ2) is 5.76. The number of pyridine rings is 1. The Morgan fingerprint density at radius 3 is 3.10 bits per heavy atom. The van der Waals surface area contributed by atoms with Crippen LogP contribution in [-0.2, 0) is 0 Å². The molecule has 0 aromatic carbocycles. The van der Waals surface area contributed by atoms with Gasteiger partial charge in [0.2, 0.25) is 5.95 Å². The van der Waals surface area contributed by atoms with Crippen LogP contribution in [0, 0.1) is 5.92 Å². The Kier molecular flexibility index (Phi) is 3.84. The molecule has 106 valence electrons. The molecule has 0 amide bonds. The zero-order valence-electron chi connectivity index (χ0n) is 11.1. The van der Waals surface area contributed by atoms with Crippen LogP contribution in [0.1, 0.15) is 12.8 Å². The van der Waals surface area contributed by atoms with E-state index in [-0.39, 0.29) is 0 Å². The van der Waals surface area contributed by atoms with Gasteiger partial charge < -0.3 is 10.6 Å². The second-order valence-electron chi connectivity index (χ2n) is 5.04.